The Morgan fingerprint density at radius 1 is 1.04 bits per heavy atom. The van der Waals surface area contributed by atoms with Gasteiger partial charge in [0, 0.05) is 14.0 Å². The number of nitrogens with one attached hydrogen (secondary N) is 1. The molecular formula is C19H22N2O3S. The predicted molar refractivity (Wildman–Crippen MR) is 99.4 cm³/mol. The van der Waals surface area contributed by atoms with Crippen LogP contribution in [0.2, 0.25) is 0 Å². The first-order valence-corrected chi connectivity index (χ1v) is 9.85. The third kappa shape index (κ3) is 3.69. The molecule has 2 aromatic carbocycles. The van der Waals surface area contributed by atoms with Gasteiger partial charge in [0.1, 0.15) is 0 Å². The zero-order valence-electron chi connectivity index (χ0n) is 14.5. The summed E-state index contributed by atoms with van der Waals surface area (Å²) in [6, 6.07) is 12.2. The highest BCUT2D eigenvalue weighted by Gasteiger charge is 2.20. The van der Waals surface area contributed by atoms with E-state index in [1.54, 1.807) is 43.4 Å². The molecular weight excluding hydrogens is 336 g/mol. The quantitative estimate of drug-likeness (QED) is 0.911. The normalized spacial score (nSPS) is 13.8. The number of anilines is 2. The number of amides is 1. The van der Waals surface area contributed by atoms with E-state index in [4.69, 9.17) is 0 Å². The number of sulfonamides is 1. The fourth-order valence-corrected chi connectivity index (χ4v) is 4.23. The molecule has 0 spiro atoms. The van der Waals surface area contributed by atoms with Crippen molar-refractivity contribution in [1.29, 1.82) is 0 Å². The molecule has 0 radical (unpaired) electrons. The molecule has 1 N–H and O–H groups in total. The van der Waals surface area contributed by atoms with Gasteiger partial charge in [0.2, 0.25) is 5.91 Å². The molecule has 0 saturated carbocycles. The monoisotopic (exact) mass is 358 g/mol. The van der Waals surface area contributed by atoms with Gasteiger partial charge < -0.3 is 4.90 Å². The van der Waals surface area contributed by atoms with Crippen LogP contribution in [0.25, 0.3) is 0 Å². The number of carbonyl (C=O) groups excluding carboxylic acids is 1. The summed E-state index contributed by atoms with van der Waals surface area (Å²) in [6.45, 7) is 1.44. The maximum atomic E-state index is 12.8. The van der Waals surface area contributed by atoms with E-state index in [0.717, 1.165) is 31.2 Å². The van der Waals surface area contributed by atoms with Crippen LogP contribution in [0.3, 0.4) is 0 Å². The SMILES string of the molecule is CC(=O)N(C)c1ccccc1NS(=O)(=O)c1ccc2c(c1)CCCC2. The van der Waals surface area contributed by atoms with E-state index in [1.165, 1.54) is 17.4 Å². The van der Waals surface area contributed by atoms with Gasteiger partial charge in [-0.1, -0.05) is 18.2 Å². The summed E-state index contributed by atoms with van der Waals surface area (Å²) in [5, 5.41) is 0. The fraction of sp³-hybridized carbons (Fsp3) is 0.316. The molecule has 0 fully saturated rings. The van der Waals surface area contributed by atoms with Gasteiger partial charge in [-0.25, -0.2) is 8.42 Å². The fourth-order valence-electron chi connectivity index (χ4n) is 3.10. The summed E-state index contributed by atoms with van der Waals surface area (Å²) in [7, 11) is -2.10. The number of fused-ring (bicyclic) bond motifs is 1. The van der Waals surface area contributed by atoms with Gasteiger partial charge in [0.25, 0.3) is 10.0 Å². The second-order valence-electron chi connectivity index (χ2n) is 6.34. The van der Waals surface area contributed by atoms with Crippen molar-refractivity contribution in [2.24, 2.45) is 0 Å². The van der Waals surface area contributed by atoms with Crippen LogP contribution in [0, 0.1) is 0 Å². The molecule has 6 heteroatoms. The molecule has 0 atom stereocenters. The number of rotatable bonds is 4. The highest BCUT2D eigenvalue weighted by atomic mass is 32.2. The van der Waals surface area contributed by atoms with E-state index in [1.807, 2.05) is 6.07 Å². The van der Waals surface area contributed by atoms with Crippen LogP contribution in [0.15, 0.2) is 47.4 Å². The Morgan fingerprint density at radius 2 is 1.72 bits per heavy atom. The Hall–Kier alpha value is -2.34. The van der Waals surface area contributed by atoms with Gasteiger partial charge in [-0.05, 0) is 61.1 Å². The van der Waals surface area contributed by atoms with Gasteiger partial charge in [-0.2, -0.15) is 0 Å². The molecule has 25 heavy (non-hydrogen) atoms. The van der Waals surface area contributed by atoms with E-state index in [-0.39, 0.29) is 10.8 Å². The Labute approximate surface area is 148 Å². The lowest BCUT2D eigenvalue weighted by Gasteiger charge is -2.20. The molecule has 1 aliphatic rings. The number of aryl methyl sites for hydroxylation is 2. The van der Waals surface area contributed by atoms with Crippen molar-refractivity contribution in [2.75, 3.05) is 16.7 Å². The first-order chi connectivity index (χ1) is 11.9. The second kappa shape index (κ2) is 6.88. The van der Waals surface area contributed by atoms with Crippen LogP contribution in [0.5, 0.6) is 0 Å². The molecule has 3 rings (SSSR count). The minimum Gasteiger partial charge on any atom is -0.314 e. The summed E-state index contributed by atoms with van der Waals surface area (Å²) in [6.07, 6.45) is 4.18. The molecule has 1 amide bonds. The minimum atomic E-state index is -3.72. The Morgan fingerprint density at radius 3 is 2.44 bits per heavy atom. The van der Waals surface area contributed by atoms with Gasteiger partial charge in [0.05, 0.1) is 16.3 Å². The number of benzene rings is 2. The van der Waals surface area contributed by atoms with Crippen LogP contribution in [0.4, 0.5) is 11.4 Å². The van der Waals surface area contributed by atoms with E-state index in [0.29, 0.717) is 11.4 Å². The lowest BCUT2D eigenvalue weighted by molar-refractivity contribution is -0.116. The summed E-state index contributed by atoms with van der Waals surface area (Å²) >= 11 is 0. The maximum Gasteiger partial charge on any atom is 0.261 e. The summed E-state index contributed by atoms with van der Waals surface area (Å²) in [5.74, 6) is -0.166. The third-order valence-electron chi connectivity index (χ3n) is 4.61. The van der Waals surface area contributed by atoms with E-state index in [9.17, 15) is 13.2 Å². The van der Waals surface area contributed by atoms with Crippen molar-refractivity contribution in [3.63, 3.8) is 0 Å². The molecule has 0 heterocycles. The van der Waals surface area contributed by atoms with Crippen LogP contribution < -0.4 is 9.62 Å². The van der Waals surface area contributed by atoms with Crippen molar-refractivity contribution in [3.05, 3.63) is 53.6 Å². The van der Waals surface area contributed by atoms with Crippen molar-refractivity contribution < 1.29 is 13.2 Å². The Bertz CT molecular complexity index is 907. The molecule has 0 unspecified atom stereocenters. The molecule has 5 nitrogen and oxygen atoms in total. The molecule has 132 valence electrons. The van der Waals surface area contributed by atoms with Crippen LogP contribution in [-0.4, -0.2) is 21.4 Å². The predicted octanol–water partition coefficient (Wildman–Crippen LogP) is 3.35. The molecule has 0 aliphatic heterocycles. The van der Waals surface area contributed by atoms with E-state index in [2.05, 4.69) is 4.72 Å². The topological polar surface area (TPSA) is 66.5 Å². The number of hydrogen-bond acceptors (Lipinski definition) is 3. The summed E-state index contributed by atoms with van der Waals surface area (Å²) in [4.78, 5) is 13.3. The van der Waals surface area contributed by atoms with Gasteiger partial charge >= 0.3 is 0 Å². The largest absolute Gasteiger partial charge is 0.314 e. The lowest BCUT2D eigenvalue weighted by atomic mass is 9.92. The first-order valence-electron chi connectivity index (χ1n) is 8.36. The van der Waals surface area contributed by atoms with Crippen LogP contribution in [0.1, 0.15) is 30.9 Å². The van der Waals surface area contributed by atoms with Gasteiger partial charge in [-0.3, -0.25) is 9.52 Å². The standard InChI is InChI=1S/C19H22N2O3S/c1-14(22)21(2)19-10-6-5-9-18(19)20-25(23,24)17-12-11-15-7-3-4-8-16(15)13-17/h5-6,9-13,20H,3-4,7-8H2,1-2H3. The van der Waals surface area contributed by atoms with Crippen molar-refractivity contribution >= 4 is 27.3 Å². The number of nitrogens with zero attached hydrogens (tertiary/aromatic N) is 1. The second-order valence-corrected chi connectivity index (χ2v) is 8.02. The molecule has 0 aromatic heterocycles. The Balaban J connectivity index is 1.94. The van der Waals surface area contributed by atoms with Crippen molar-refractivity contribution in [2.45, 2.75) is 37.5 Å². The smallest absolute Gasteiger partial charge is 0.261 e. The lowest BCUT2D eigenvalue weighted by Crippen LogP contribution is -2.25. The van der Waals surface area contributed by atoms with Crippen molar-refractivity contribution in [1.82, 2.24) is 0 Å². The first kappa shape index (κ1) is 17.5. The summed E-state index contributed by atoms with van der Waals surface area (Å²) < 4.78 is 28.3. The molecule has 2 aromatic rings. The third-order valence-corrected chi connectivity index (χ3v) is 5.98. The average Bonchev–Trinajstić information content (AvgIpc) is 2.60. The van der Waals surface area contributed by atoms with E-state index < -0.39 is 10.0 Å². The summed E-state index contributed by atoms with van der Waals surface area (Å²) in [5.41, 5.74) is 3.26. The van der Waals surface area contributed by atoms with Gasteiger partial charge in [-0.15, -0.1) is 0 Å². The maximum absolute atomic E-state index is 12.8. The average molecular weight is 358 g/mol. The highest BCUT2D eigenvalue weighted by Crippen LogP contribution is 2.29. The minimum absolute atomic E-state index is 0.166. The number of carbonyl (C=O) groups is 1. The zero-order chi connectivity index (χ0) is 18.0. The Kier molecular flexibility index (Phi) is 4.81. The van der Waals surface area contributed by atoms with Crippen molar-refractivity contribution in [3.8, 4) is 0 Å². The van der Waals surface area contributed by atoms with Crippen LogP contribution in [-0.2, 0) is 27.7 Å². The van der Waals surface area contributed by atoms with Crippen LogP contribution >= 0.6 is 0 Å². The molecule has 0 saturated heterocycles. The number of hydrogen-bond donors (Lipinski definition) is 1. The number of para-hydroxylation sites is 2. The highest BCUT2D eigenvalue weighted by molar-refractivity contribution is 7.92. The zero-order valence-corrected chi connectivity index (χ0v) is 15.3. The molecule has 1 aliphatic carbocycles. The molecule has 0 bridgehead atoms. The van der Waals surface area contributed by atoms with E-state index >= 15 is 0 Å². The van der Waals surface area contributed by atoms with Gasteiger partial charge in [0.15, 0.2) is 0 Å².